The molecular weight excluding hydrogens is 258 g/mol. The number of nitrogens with two attached hydrogens (primary N) is 1. The van der Waals surface area contributed by atoms with Crippen LogP contribution >= 0.6 is 0 Å². The predicted octanol–water partition coefficient (Wildman–Crippen LogP) is 1.50. The van der Waals surface area contributed by atoms with Crippen molar-refractivity contribution in [2.24, 2.45) is 0 Å². The molecule has 2 heterocycles. The van der Waals surface area contributed by atoms with Crippen molar-refractivity contribution in [3.63, 3.8) is 0 Å². The van der Waals surface area contributed by atoms with E-state index < -0.39 is 5.91 Å². The number of rotatable bonds is 3. The highest BCUT2D eigenvalue weighted by atomic mass is 16.6. The van der Waals surface area contributed by atoms with Crippen molar-refractivity contribution in [2.75, 3.05) is 29.0 Å². The van der Waals surface area contributed by atoms with Gasteiger partial charge in [-0.15, -0.1) is 0 Å². The van der Waals surface area contributed by atoms with Crippen molar-refractivity contribution in [3.05, 3.63) is 30.0 Å². The first-order chi connectivity index (χ1) is 9.74. The van der Waals surface area contributed by atoms with Crippen LogP contribution in [0.15, 0.2) is 28.9 Å². The van der Waals surface area contributed by atoms with Gasteiger partial charge in [-0.2, -0.15) is 0 Å². The van der Waals surface area contributed by atoms with Crippen LogP contribution in [0.4, 0.5) is 17.2 Å². The minimum Gasteiger partial charge on any atom is -0.379 e. The van der Waals surface area contributed by atoms with Gasteiger partial charge >= 0.3 is 0 Å². The highest BCUT2D eigenvalue weighted by molar-refractivity contribution is 6.05. The van der Waals surface area contributed by atoms with Crippen molar-refractivity contribution < 1.29 is 9.42 Å². The van der Waals surface area contributed by atoms with Gasteiger partial charge in [-0.3, -0.25) is 4.79 Å². The molecule has 1 aromatic carbocycles. The van der Waals surface area contributed by atoms with E-state index in [0.29, 0.717) is 5.69 Å². The third kappa shape index (κ3) is 2.42. The SMILES string of the molecule is Nc1nonc1C(=O)Nc1cccc(N2CCCC2)c1. The Labute approximate surface area is 115 Å². The molecule has 7 heteroatoms. The normalized spacial score (nSPS) is 14.5. The predicted molar refractivity (Wildman–Crippen MR) is 74.6 cm³/mol. The molecule has 0 unspecified atom stereocenters. The van der Waals surface area contributed by atoms with Gasteiger partial charge in [0, 0.05) is 24.5 Å². The van der Waals surface area contributed by atoms with Crippen molar-refractivity contribution in [1.82, 2.24) is 10.3 Å². The number of benzene rings is 1. The fourth-order valence-electron chi connectivity index (χ4n) is 2.30. The molecule has 1 fully saturated rings. The van der Waals surface area contributed by atoms with Crippen LogP contribution < -0.4 is 16.0 Å². The number of hydrogen-bond acceptors (Lipinski definition) is 6. The summed E-state index contributed by atoms with van der Waals surface area (Å²) in [7, 11) is 0. The highest BCUT2D eigenvalue weighted by Crippen LogP contribution is 2.23. The molecule has 104 valence electrons. The second-order valence-corrected chi connectivity index (χ2v) is 4.70. The zero-order valence-corrected chi connectivity index (χ0v) is 10.9. The zero-order chi connectivity index (χ0) is 13.9. The van der Waals surface area contributed by atoms with E-state index in [2.05, 4.69) is 25.2 Å². The van der Waals surface area contributed by atoms with Crippen LogP contribution in [0.5, 0.6) is 0 Å². The number of nitrogen functional groups attached to an aromatic ring is 1. The summed E-state index contributed by atoms with van der Waals surface area (Å²) in [5.41, 5.74) is 7.28. The molecule has 0 radical (unpaired) electrons. The van der Waals surface area contributed by atoms with Crippen molar-refractivity contribution in [3.8, 4) is 0 Å². The Hall–Kier alpha value is -2.57. The maximum atomic E-state index is 12.0. The summed E-state index contributed by atoms with van der Waals surface area (Å²) < 4.78 is 4.42. The molecular formula is C13H15N5O2. The Balaban J connectivity index is 1.76. The molecule has 3 rings (SSSR count). The Morgan fingerprint density at radius 2 is 2.10 bits per heavy atom. The van der Waals surface area contributed by atoms with E-state index in [9.17, 15) is 4.79 Å². The fourth-order valence-corrected chi connectivity index (χ4v) is 2.30. The first kappa shape index (κ1) is 12.5. The molecule has 1 saturated heterocycles. The number of nitrogens with one attached hydrogen (secondary N) is 1. The molecule has 3 N–H and O–H groups in total. The summed E-state index contributed by atoms with van der Waals surface area (Å²) in [5.74, 6) is -0.444. The van der Waals surface area contributed by atoms with Gasteiger partial charge in [-0.05, 0) is 41.4 Å². The average Bonchev–Trinajstić information content (AvgIpc) is 3.09. The standard InChI is InChI=1S/C13H15N5O2/c14-12-11(16-20-17-12)13(19)15-9-4-3-5-10(8-9)18-6-1-2-7-18/h3-5,8H,1-2,6-7H2,(H2,14,17)(H,15,19). The minimum absolute atomic E-state index is 0.00317. The number of hydrogen-bond donors (Lipinski definition) is 2. The molecule has 0 aliphatic carbocycles. The van der Waals surface area contributed by atoms with E-state index >= 15 is 0 Å². The molecule has 0 bridgehead atoms. The number of carbonyl (C=O) groups is 1. The van der Waals surface area contributed by atoms with Crippen LogP contribution in [0, 0.1) is 0 Å². The molecule has 0 spiro atoms. The van der Waals surface area contributed by atoms with E-state index in [-0.39, 0.29) is 11.5 Å². The lowest BCUT2D eigenvalue weighted by atomic mass is 10.2. The van der Waals surface area contributed by atoms with Crippen LogP contribution in [0.1, 0.15) is 23.3 Å². The maximum absolute atomic E-state index is 12.0. The Bertz CT molecular complexity index is 619. The van der Waals surface area contributed by atoms with Gasteiger partial charge in [-0.1, -0.05) is 6.07 Å². The van der Waals surface area contributed by atoms with Gasteiger partial charge in [0.05, 0.1) is 0 Å². The molecule has 0 atom stereocenters. The summed E-state index contributed by atoms with van der Waals surface area (Å²) in [5, 5.41) is 9.60. The molecule has 1 aliphatic heterocycles. The van der Waals surface area contributed by atoms with Crippen LogP contribution in [-0.2, 0) is 0 Å². The Morgan fingerprint density at radius 1 is 1.30 bits per heavy atom. The lowest BCUT2D eigenvalue weighted by molar-refractivity contribution is 0.101. The van der Waals surface area contributed by atoms with Crippen molar-refractivity contribution in [2.45, 2.75) is 12.8 Å². The average molecular weight is 273 g/mol. The smallest absolute Gasteiger partial charge is 0.281 e. The third-order valence-corrected chi connectivity index (χ3v) is 3.30. The van der Waals surface area contributed by atoms with Crippen LogP contribution in [0.25, 0.3) is 0 Å². The Morgan fingerprint density at radius 3 is 2.80 bits per heavy atom. The van der Waals surface area contributed by atoms with Gasteiger partial charge in [0.1, 0.15) is 0 Å². The monoisotopic (exact) mass is 273 g/mol. The van der Waals surface area contributed by atoms with E-state index in [1.807, 2.05) is 24.3 Å². The van der Waals surface area contributed by atoms with Gasteiger partial charge < -0.3 is 16.0 Å². The van der Waals surface area contributed by atoms with Crippen molar-refractivity contribution in [1.29, 1.82) is 0 Å². The second kappa shape index (κ2) is 5.20. The summed E-state index contributed by atoms with van der Waals surface area (Å²) >= 11 is 0. The van der Waals surface area contributed by atoms with E-state index in [1.165, 1.54) is 12.8 Å². The van der Waals surface area contributed by atoms with E-state index in [1.54, 1.807) is 0 Å². The van der Waals surface area contributed by atoms with Gasteiger partial charge in [0.25, 0.3) is 5.91 Å². The second-order valence-electron chi connectivity index (χ2n) is 4.70. The quantitative estimate of drug-likeness (QED) is 0.879. The molecule has 20 heavy (non-hydrogen) atoms. The van der Waals surface area contributed by atoms with E-state index in [4.69, 9.17) is 5.73 Å². The van der Waals surface area contributed by atoms with Gasteiger partial charge in [0.2, 0.25) is 11.5 Å². The minimum atomic E-state index is -0.428. The lowest BCUT2D eigenvalue weighted by Gasteiger charge is -2.18. The van der Waals surface area contributed by atoms with Crippen LogP contribution in [0.3, 0.4) is 0 Å². The van der Waals surface area contributed by atoms with Crippen molar-refractivity contribution >= 4 is 23.1 Å². The highest BCUT2D eigenvalue weighted by Gasteiger charge is 2.17. The van der Waals surface area contributed by atoms with Crippen LogP contribution in [-0.4, -0.2) is 29.3 Å². The third-order valence-electron chi connectivity index (χ3n) is 3.30. The molecule has 1 aromatic heterocycles. The van der Waals surface area contributed by atoms with Gasteiger partial charge in [-0.25, -0.2) is 4.63 Å². The maximum Gasteiger partial charge on any atom is 0.281 e. The first-order valence-corrected chi connectivity index (χ1v) is 6.48. The number of anilines is 3. The largest absolute Gasteiger partial charge is 0.379 e. The lowest BCUT2D eigenvalue weighted by Crippen LogP contribution is -2.18. The molecule has 2 aromatic rings. The summed E-state index contributed by atoms with van der Waals surface area (Å²) in [6, 6.07) is 7.70. The molecule has 7 nitrogen and oxygen atoms in total. The first-order valence-electron chi connectivity index (χ1n) is 6.48. The van der Waals surface area contributed by atoms with E-state index in [0.717, 1.165) is 18.8 Å². The summed E-state index contributed by atoms with van der Waals surface area (Å²) in [6.45, 7) is 2.11. The van der Waals surface area contributed by atoms with Crippen LogP contribution in [0.2, 0.25) is 0 Å². The molecule has 1 amide bonds. The number of amides is 1. The number of nitrogens with zero attached hydrogens (tertiary/aromatic N) is 3. The summed E-state index contributed by atoms with van der Waals surface area (Å²) in [6.07, 6.45) is 2.41. The molecule has 0 saturated carbocycles. The number of carbonyl (C=O) groups excluding carboxylic acids is 1. The topological polar surface area (TPSA) is 97.3 Å². The molecule has 1 aliphatic rings. The number of aromatic nitrogens is 2. The van der Waals surface area contributed by atoms with Gasteiger partial charge in [0.15, 0.2) is 0 Å². The summed E-state index contributed by atoms with van der Waals surface area (Å²) in [4.78, 5) is 14.3. The fraction of sp³-hybridized carbons (Fsp3) is 0.308. The zero-order valence-electron chi connectivity index (χ0n) is 10.9. The Kier molecular flexibility index (Phi) is 3.24.